The molecule has 134 valence electrons. The van der Waals surface area contributed by atoms with Crippen LogP contribution in [0.25, 0.3) is 11.3 Å². The molecule has 3 heterocycles. The van der Waals surface area contributed by atoms with Crippen LogP contribution in [0.15, 0.2) is 29.6 Å². The Hall–Kier alpha value is -1.50. The molecule has 4 nitrogen and oxygen atoms in total. The molecule has 2 fully saturated rings. The minimum Gasteiger partial charge on any atom is -0.378 e. The molecule has 0 saturated carbocycles. The predicted molar refractivity (Wildman–Crippen MR) is 99.7 cm³/mol. The highest BCUT2D eigenvalue weighted by molar-refractivity contribution is 7.14. The molecule has 1 aromatic heterocycles. The van der Waals surface area contributed by atoms with Gasteiger partial charge in [0.25, 0.3) is 0 Å². The largest absolute Gasteiger partial charge is 0.378 e. The topological polar surface area (TPSA) is 28.6 Å². The second-order valence-electron chi connectivity index (χ2n) is 6.84. The standard InChI is InChI=1S/C19H24FN3OS/c1-2-3-16-11-24-12-17-10-22(8-9-23(16)17)19-21-18(13-25-19)14-4-6-15(20)7-5-14/h4-7,13,16-17H,2-3,8-12H2,1H3/t16-,17+/m0/s1. The van der Waals surface area contributed by atoms with Crippen LogP contribution in [0.5, 0.6) is 0 Å². The van der Waals surface area contributed by atoms with Crippen LogP contribution in [0, 0.1) is 5.82 Å². The number of rotatable bonds is 4. The highest BCUT2D eigenvalue weighted by atomic mass is 32.1. The Morgan fingerprint density at radius 1 is 1.24 bits per heavy atom. The third kappa shape index (κ3) is 3.57. The Labute approximate surface area is 152 Å². The van der Waals surface area contributed by atoms with Gasteiger partial charge < -0.3 is 9.64 Å². The van der Waals surface area contributed by atoms with E-state index in [4.69, 9.17) is 9.72 Å². The number of hydrogen-bond acceptors (Lipinski definition) is 5. The van der Waals surface area contributed by atoms with Gasteiger partial charge in [0.15, 0.2) is 5.13 Å². The van der Waals surface area contributed by atoms with E-state index in [1.165, 1.54) is 25.0 Å². The lowest BCUT2D eigenvalue weighted by molar-refractivity contribution is -0.0557. The smallest absolute Gasteiger partial charge is 0.185 e. The SMILES string of the molecule is CCC[C@H]1COC[C@H]2CN(c3nc(-c4ccc(F)cc4)cs3)CCN12. The second-order valence-corrected chi connectivity index (χ2v) is 7.68. The van der Waals surface area contributed by atoms with E-state index in [1.807, 2.05) is 0 Å². The van der Waals surface area contributed by atoms with Gasteiger partial charge in [-0.15, -0.1) is 11.3 Å². The molecule has 0 unspecified atom stereocenters. The minimum atomic E-state index is -0.214. The fourth-order valence-electron chi connectivity index (χ4n) is 3.85. The first-order valence-corrected chi connectivity index (χ1v) is 9.92. The molecule has 6 heteroatoms. The lowest BCUT2D eigenvalue weighted by Crippen LogP contribution is -2.62. The first-order valence-electron chi connectivity index (χ1n) is 9.04. The summed E-state index contributed by atoms with van der Waals surface area (Å²) in [6.07, 6.45) is 2.41. The monoisotopic (exact) mass is 361 g/mol. The summed E-state index contributed by atoms with van der Waals surface area (Å²) in [4.78, 5) is 9.80. The molecule has 0 bridgehead atoms. The van der Waals surface area contributed by atoms with Crippen molar-refractivity contribution in [2.45, 2.75) is 31.8 Å². The van der Waals surface area contributed by atoms with Crippen molar-refractivity contribution in [3.8, 4) is 11.3 Å². The number of hydrogen-bond donors (Lipinski definition) is 0. The zero-order chi connectivity index (χ0) is 17.2. The van der Waals surface area contributed by atoms with E-state index >= 15 is 0 Å². The molecule has 0 spiro atoms. The minimum absolute atomic E-state index is 0.214. The number of benzene rings is 1. The lowest BCUT2D eigenvalue weighted by atomic mass is 10.0. The molecule has 2 aliphatic rings. The Balaban J connectivity index is 1.46. The Morgan fingerprint density at radius 3 is 2.88 bits per heavy atom. The molecule has 1 aromatic carbocycles. The van der Waals surface area contributed by atoms with E-state index in [0.29, 0.717) is 12.1 Å². The van der Waals surface area contributed by atoms with Crippen LogP contribution in [-0.4, -0.2) is 54.8 Å². The number of thiazole rings is 1. The van der Waals surface area contributed by atoms with E-state index in [1.54, 1.807) is 23.5 Å². The number of anilines is 1. The summed E-state index contributed by atoms with van der Waals surface area (Å²) in [6, 6.07) is 7.57. The summed E-state index contributed by atoms with van der Waals surface area (Å²) < 4.78 is 19.0. The fraction of sp³-hybridized carbons (Fsp3) is 0.526. The van der Waals surface area contributed by atoms with Gasteiger partial charge in [-0.2, -0.15) is 0 Å². The van der Waals surface area contributed by atoms with Crippen molar-refractivity contribution in [3.63, 3.8) is 0 Å². The Kier molecular flexibility index (Phi) is 5.01. The molecule has 2 atom stereocenters. The summed E-state index contributed by atoms with van der Waals surface area (Å²) in [5, 5.41) is 3.11. The first-order chi connectivity index (χ1) is 12.2. The third-order valence-corrected chi connectivity index (χ3v) is 6.04. The maximum absolute atomic E-state index is 13.1. The highest BCUT2D eigenvalue weighted by Gasteiger charge is 2.35. The summed E-state index contributed by atoms with van der Waals surface area (Å²) in [7, 11) is 0. The lowest BCUT2D eigenvalue weighted by Gasteiger charge is -2.48. The van der Waals surface area contributed by atoms with Gasteiger partial charge in [0.1, 0.15) is 5.82 Å². The van der Waals surface area contributed by atoms with Gasteiger partial charge in [0, 0.05) is 36.6 Å². The van der Waals surface area contributed by atoms with Crippen LogP contribution >= 0.6 is 11.3 Å². The van der Waals surface area contributed by atoms with E-state index in [9.17, 15) is 4.39 Å². The molecular formula is C19H24FN3OS. The molecule has 25 heavy (non-hydrogen) atoms. The summed E-state index contributed by atoms with van der Waals surface area (Å²) in [5.74, 6) is -0.214. The summed E-state index contributed by atoms with van der Waals surface area (Å²) in [5.41, 5.74) is 1.89. The molecular weight excluding hydrogens is 337 g/mol. The van der Waals surface area contributed by atoms with Crippen molar-refractivity contribution in [1.82, 2.24) is 9.88 Å². The van der Waals surface area contributed by atoms with Crippen molar-refractivity contribution in [3.05, 3.63) is 35.5 Å². The average molecular weight is 361 g/mol. The van der Waals surface area contributed by atoms with Crippen LogP contribution in [0.3, 0.4) is 0 Å². The predicted octanol–water partition coefficient (Wildman–Crippen LogP) is 3.64. The van der Waals surface area contributed by atoms with E-state index in [0.717, 1.165) is 49.2 Å². The van der Waals surface area contributed by atoms with Crippen molar-refractivity contribution < 1.29 is 9.13 Å². The van der Waals surface area contributed by atoms with Crippen molar-refractivity contribution in [2.75, 3.05) is 37.7 Å². The van der Waals surface area contributed by atoms with E-state index < -0.39 is 0 Å². The van der Waals surface area contributed by atoms with Gasteiger partial charge >= 0.3 is 0 Å². The van der Waals surface area contributed by atoms with Gasteiger partial charge in [0.2, 0.25) is 0 Å². The maximum atomic E-state index is 13.1. The normalized spacial score (nSPS) is 24.3. The number of nitrogens with zero attached hydrogens (tertiary/aromatic N) is 3. The Morgan fingerprint density at radius 2 is 2.08 bits per heavy atom. The van der Waals surface area contributed by atoms with Crippen LogP contribution in [0.2, 0.25) is 0 Å². The van der Waals surface area contributed by atoms with E-state index in [2.05, 4.69) is 22.1 Å². The fourth-order valence-corrected chi connectivity index (χ4v) is 4.72. The maximum Gasteiger partial charge on any atom is 0.185 e. The third-order valence-electron chi connectivity index (χ3n) is 5.14. The van der Waals surface area contributed by atoms with Gasteiger partial charge in [0.05, 0.1) is 24.9 Å². The molecule has 0 amide bonds. The molecule has 0 N–H and O–H groups in total. The number of ether oxygens (including phenoxy) is 1. The number of piperazine rings is 1. The molecule has 4 rings (SSSR count). The quantitative estimate of drug-likeness (QED) is 0.831. The highest BCUT2D eigenvalue weighted by Crippen LogP contribution is 2.30. The van der Waals surface area contributed by atoms with Crippen molar-refractivity contribution in [2.24, 2.45) is 0 Å². The molecule has 0 radical (unpaired) electrons. The molecule has 2 aliphatic heterocycles. The van der Waals surface area contributed by atoms with Crippen LogP contribution in [0.1, 0.15) is 19.8 Å². The average Bonchev–Trinajstić information content (AvgIpc) is 3.12. The zero-order valence-electron chi connectivity index (χ0n) is 14.5. The molecule has 2 saturated heterocycles. The number of aromatic nitrogens is 1. The van der Waals surface area contributed by atoms with Crippen LogP contribution in [-0.2, 0) is 4.74 Å². The first kappa shape index (κ1) is 16.9. The zero-order valence-corrected chi connectivity index (χ0v) is 15.3. The molecule has 2 aromatic rings. The number of halogens is 1. The number of morpholine rings is 1. The van der Waals surface area contributed by atoms with Gasteiger partial charge in [-0.05, 0) is 30.7 Å². The van der Waals surface area contributed by atoms with Gasteiger partial charge in [-0.1, -0.05) is 13.3 Å². The van der Waals surface area contributed by atoms with Crippen molar-refractivity contribution in [1.29, 1.82) is 0 Å². The number of fused-ring (bicyclic) bond motifs is 1. The van der Waals surface area contributed by atoms with E-state index in [-0.39, 0.29) is 5.82 Å². The van der Waals surface area contributed by atoms with Gasteiger partial charge in [-0.25, -0.2) is 9.37 Å². The van der Waals surface area contributed by atoms with Gasteiger partial charge in [-0.3, -0.25) is 4.90 Å². The molecule has 0 aliphatic carbocycles. The second kappa shape index (κ2) is 7.40. The van der Waals surface area contributed by atoms with Crippen molar-refractivity contribution >= 4 is 16.5 Å². The van der Waals surface area contributed by atoms with Crippen LogP contribution < -0.4 is 4.90 Å². The summed E-state index contributed by atoms with van der Waals surface area (Å²) >= 11 is 1.67. The van der Waals surface area contributed by atoms with Crippen LogP contribution in [0.4, 0.5) is 9.52 Å². The Bertz CT molecular complexity index is 703. The summed E-state index contributed by atoms with van der Waals surface area (Å²) in [6.45, 7) is 6.98.